The minimum Gasteiger partial charge on any atom is -0.497 e. The van der Waals surface area contributed by atoms with Gasteiger partial charge in [-0.05, 0) is 43.3 Å². The van der Waals surface area contributed by atoms with E-state index >= 15 is 0 Å². The standard InChI is InChI=1S/C18H21ClN2O5S/c1-11(14-10-13(25-2)6-8-17(14)26-3)20-18(22)15-9-12(5-7-16(15)19)21-27(4,23)24/h5-11,21H,1-4H3,(H,20,22). The van der Waals surface area contributed by atoms with Gasteiger partial charge in [-0.1, -0.05) is 11.6 Å². The van der Waals surface area contributed by atoms with Crippen LogP contribution in [0.5, 0.6) is 11.5 Å². The van der Waals surface area contributed by atoms with Crippen molar-refractivity contribution >= 4 is 33.2 Å². The molecule has 0 saturated carbocycles. The van der Waals surface area contributed by atoms with E-state index in [2.05, 4.69) is 10.0 Å². The Bertz CT molecular complexity index is 947. The molecule has 1 amide bonds. The van der Waals surface area contributed by atoms with Gasteiger partial charge in [0.1, 0.15) is 11.5 Å². The second kappa shape index (κ2) is 8.49. The third-order valence-corrected chi connectivity index (χ3v) is 4.70. The summed E-state index contributed by atoms with van der Waals surface area (Å²) < 4.78 is 35.7. The Balaban J connectivity index is 2.28. The molecule has 0 heterocycles. The number of halogens is 1. The Morgan fingerprint density at radius 2 is 1.81 bits per heavy atom. The van der Waals surface area contributed by atoms with Crippen molar-refractivity contribution < 1.29 is 22.7 Å². The predicted octanol–water partition coefficient (Wildman–Crippen LogP) is 3.22. The Labute approximate surface area is 163 Å². The van der Waals surface area contributed by atoms with Crippen molar-refractivity contribution in [3.8, 4) is 11.5 Å². The number of sulfonamides is 1. The van der Waals surface area contributed by atoms with Crippen molar-refractivity contribution in [1.82, 2.24) is 5.32 Å². The molecule has 0 saturated heterocycles. The van der Waals surface area contributed by atoms with Crippen molar-refractivity contribution in [3.63, 3.8) is 0 Å². The van der Waals surface area contributed by atoms with Gasteiger partial charge in [0.2, 0.25) is 10.0 Å². The number of carbonyl (C=O) groups is 1. The summed E-state index contributed by atoms with van der Waals surface area (Å²) in [7, 11) is -0.381. The van der Waals surface area contributed by atoms with Crippen LogP contribution in [0.15, 0.2) is 36.4 Å². The third-order valence-electron chi connectivity index (χ3n) is 3.77. The topological polar surface area (TPSA) is 93.7 Å². The summed E-state index contributed by atoms with van der Waals surface area (Å²) in [6.07, 6.45) is 1.03. The number of ether oxygens (including phenoxy) is 2. The van der Waals surface area contributed by atoms with E-state index < -0.39 is 22.0 Å². The third kappa shape index (κ3) is 5.51. The first-order chi connectivity index (χ1) is 12.6. The highest BCUT2D eigenvalue weighted by atomic mass is 35.5. The average Bonchev–Trinajstić information content (AvgIpc) is 2.61. The minimum atomic E-state index is -3.47. The van der Waals surface area contributed by atoms with Crippen molar-refractivity contribution in [2.45, 2.75) is 13.0 Å². The molecular formula is C18H21ClN2O5S. The molecule has 1 unspecified atom stereocenters. The number of hydrogen-bond acceptors (Lipinski definition) is 5. The average molecular weight is 413 g/mol. The van der Waals surface area contributed by atoms with Crippen LogP contribution in [0.25, 0.3) is 0 Å². The van der Waals surface area contributed by atoms with E-state index in [1.807, 2.05) is 0 Å². The summed E-state index contributed by atoms with van der Waals surface area (Å²) in [6.45, 7) is 1.79. The smallest absolute Gasteiger partial charge is 0.253 e. The SMILES string of the molecule is COc1ccc(OC)c(C(C)NC(=O)c2cc(NS(C)(=O)=O)ccc2Cl)c1. The molecule has 7 nitrogen and oxygen atoms in total. The van der Waals surface area contributed by atoms with Crippen LogP contribution < -0.4 is 19.5 Å². The minimum absolute atomic E-state index is 0.152. The molecule has 9 heteroatoms. The van der Waals surface area contributed by atoms with E-state index in [-0.39, 0.29) is 16.3 Å². The fourth-order valence-electron chi connectivity index (χ4n) is 2.51. The number of anilines is 1. The lowest BCUT2D eigenvalue weighted by molar-refractivity contribution is 0.0939. The molecule has 0 fully saturated rings. The number of methoxy groups -OCH3 is 2. The van der Waals surface area contributed by atoms with E-state index in [1.54, 1.807) is 32.2 Å². The molecule has 146 valence electrons. The second-order valence-electron chi connectivity index (χ2n) is 5.87. The van der Waals surface area contributed by atoms with E-state index in [1.165, 1.54) is 25.3 Å². The molecule has 0 spiro atoms. The molecular weight excluding hydrogens is 392 g/mol. The molecule has 2 aromatic rings. The summed E-state index contributed by atoms with van der Waals surface area (Å²) in [5.74, 6) is 0.779. The molecule has 0 aliphatic rings. The monoisotopic (exact) mass is 412 g/mol. The molecule has 1 atom stereocenters. The summed E-state index contributed by atoms with van der Waals surface area (Å²) in [5.41, 5.74) is 1.13. The van der Waals surface area contributed by atoms with Gasteiger partial charge < -0.3 is 14.8 Å². The maximum absolute atomic E-state index is 12.7. The highest BCUT2D eigenvalue weighted by Crippen LogP contribution is 2.30. The van der Waals surface area contributed by atoms with E-state index in [9.17, 15) is 13.2 Å². The van der Waals surface area contributed by atoms with Gasteiger partial charge in [0.15, 0.2) is 0 Å². The van der Waals surface area contributed by atoms with Crippen LogP contribution in [0.3, 0.4) is 0 Å². The van der Waals surface area contributed by atoms with Crippen LogP contribution in [0.4, 0.5) is 5.69 Å². The van der Waals surface area contributed by atoms with Gasteiger partial charge in [0, 0.05) is 11.3 Å². The summed E-state index contributed by atoms with van der Waals surface area (Å²) >= 11 is 6.12. The number of nitrogens with one attached hydrogen (secondary N) is 2. The number of amides is 1. The Kier molecular flexibility index (Phi) is 6.56. The van der Waals surface area contributed by atoms with Crippen LogP contribution in [-0.4, -0.2) is 34.8 Å². The molecule has 0 bridgehead atoms. The zero-order valence-electron chi connectivity index (χ0n) is 15.4. The largest absolute Gasteiger partial charge is 0.497 e. The molecule has 0 radical (unpaired) electrons. The molecule has 2 rings (SSSR count). The van der Waals surface area contributed by atoms with Gasteiger partial charge in [-0.15, -0.1) is 0 Å². The van der Waals surface area contributed by atoms with Gasteiger partial charge in [0.25, 0.3) is 5.91 Å². The lowest BCUT2D eigenvalue weighted by atomic mass is 10.1. The molecule has 2 N–H and O–H groups in total. The number of carbonyl (C=O) groups excluding carboxylic acids is 1. The van der Waals surface area contributed by atoms with E-state index in [0.29, 0.717) is 11.5 Å². The first-order valence-electron chi connectivity index (χ1n) is 7.94. The molecule has 27 heavy (non-hydrogen) atoms. The van der Waals surface area contributed by atoms with Crippen LogP contribution in [0, 0.1) is 0 Å². The van der Waals surface area contributed by atoms with Crippen LogP contribution >= 0.6 is 11.6 Å². The first kappa shape index (κ1) is 20.9. The van der Waals surface area contributed by atoms with Gasteiger partial charge >= 0.3 is 0 Å². The second-order valence-corrected chi connectivity index (χ2v) is 8.03. The quantitative estimate of drug-likeness (QED) is 0.728. The van der Waals surface area contributed by atoms with E-state index in [4.69, 9.17) is 21.1 Å². The lowest BCUT2D eigenvalue weighted by Gasteiger charge is -2.19. The van der Waals surface area contributed by atoms with Crippen molar-refractivity contribution in [2.24, 2.45) is 0 Å². The predicted molar refractivity (Wildman–Crippen MR) is 105 cm³/mol. The lowest BCUT2D eigenvalue weighted by Crippen LogP contribution is -2.27. The zero-order chi connectivity index (χ0) is 20.2. The number of rotatable bonds is 7. The summed E-state index contributed by atoms with van der Waals surface area (Å²) in [6, 6.07) is 9.19. The maximum atomic E-state index is 12.7. The number of benzene rings is 2. The van der Waals surface area contributed by atoms with Gasteiger partial charge in [-0.3, -0.25) is 9.52 Å². The maximum Gasteiger partial charge on any atom is 0.253 e. The zero-order valence-corrected chi connectivity index (χ0v) is 16.9. The van der Waals surface area contributed by atoms with Crippen molar-refractivity contribution in [2.75, 3.05) is 25.2 Å². The van der Waals surface area contributed by atoms with Gasteiger partial charge in [-0.2, -0.15) is 0 Å². The van der Waals surface area contributed by atoms with Gasteiger partial charge in [-0.25, -0.2) is 8.42 Å². The molecule has 0 aromatic heterocycles. The molecule has 0 aliphatic heterocycles. The highest BCUT2D eigenvalue weighted by Gasteiger charge is 2.18. The van der Waals surface area contributed by atoms with Crippen LogP contribution in [0.2, 0.25) is 5.02 Å². The Hall–Kier alpha value is -2.45. The van der Waals surface area contributed by atoms with Crippen molar-refractivity contribution in [3.05, 3.63) is 52.5 Å². The summed E-state index contributed by atoms with van der Waals surface area (Å²) in [4.78, 5) is 12.7. The first-order valence-corrected chi connectivity index (χ1v) is 10.2. The fourth-order valence-corrected chi connectivity index (χ4v) is 3.27. The van der Waals surface area contributed by atoms with Crippen LogP contribution in [-0.2, 0) is 10.0 Å². The fraction of sp³-hybridized carbons (Fsp3) is 0.278. The normalized spacial score (nSPS) is 12.2. The number of hydrogen-bond donors (Lipinski definition) is 2. The van der Waals surface area contributed by atoms with Gasteiger partial charge in [0.05, 0.1) is 37.1 Å². The molecule has 0 aliphatic carbocycles. The Morgan fingerprint density at radius 3 is 2.41 bits per heavy atom. The Morgan fingerprint density at radius 1 is 1.11 bits per heavy atom. The molecule has 2 aromatic carbocycles. The highest BCUT2D eigenvalue weighted by molar-refractivity contribution is 7.92. The summed E-state index contributed by atoms with van der Waals surface area (Å²) in [5, 5.41) is 3.04. The van der Waals surface area contributed by atoms with Crippen LogP contribution in [0.1, 0.15) is 28.9 Å². The van der Waals surface area contributed by atoms with E-state index in [0.717, 1.165) is 11.8 Å². The van der Waals surface area contributed by atoms with Crippen molar-refractivity contribution in [1.29, 1.82) is 0 Å².